The lowest BCUT2D eigenvalue weighted by molar-refractivity contribution is -0.130. The monoisotopic (exact) mass is 406 g/mol. The largest absolute Gasteiger partial charge is 0.349 e. The maximum absolute atomic E-state index is 12.8. The summed E-state index contributed by atoms with van der Waals surface area (Å²) in [5.74, 6) is 0.218. The van der Waals surface area contributed by atoms with E-state index in [1.165, 1.54) is 11.1 Å². The third-order valence-corrected chi connectivity index (χ3v) is 6.45. The molecule has 1 unspecified atom stereocenters. The number of aromatic nitrogens is 1. The molecule has 30 heavy (non-hydrogen) atoms. The maximum Gasteiger partial charge on any atom is 0.255 e. The van der Waals surface area contributed by atoms with E-state index in [-0.39, 0.29) is 17.9 Å². The minimum atomic E-state index is 0.0601. The van der Waals surface area contributed by atoms with Crippen LogP contribution in [0.3, 0.4) is 0 Å². The van der Waals surface area contributed by atoms with Gasteiger partial charge in [-0.25, -0.2) is 0 Å². The number of benzene rings is 1. The third kappa shape index (κ3) is 4.24. The van der Waals surface area contributed by atoms with Crippen LogP contribution in [0.15, 0.2) is 48.8 Å². The lowest BCUT2D eigenvalue weighted by Gasteiger charge is -2.45. The molecule has 1 saturated heterocycles. The Morgan fingerprint density at radius 1 is 1.07 bits per heavy atom. The first-order valence-electron chi connectivity index (χ1n) is 10.8. The molecule has 0 bridgehead atoms. The van der Waals surface area contributed by atoms with E-state index in [9.17, 15) is 9.59 Å². The number of hydrogen-bond donors (Lipinski definition) is 0. The zero-order valence-electron chi connectivity index (χ0n) is 17.8. The lowest BCUT2D eigenvalue weighted by Crippen LogP contribution is -2.50. The summed E-state index contributed by atoms with van der Waals surface area (Å²) in [7, 11) is 3.65. The molecule has 1 fully saturated rings. The number of carbonyl (C=O) groups is 2. The highest BCUT2D eigenvalue weighted by molar-refractivity contribution is 5.93. The zero-order valence-corrected chi connectivity index (χ0v) is 17.8. The van der Waals surface area contributed by atoms with Gasteiger partial charge in [-0.3, -0.25) is 19.5 Å². The van der Waals surface area contributed by atoms with Crippen molar-refractivity contribution in [2.24, 2.45) is 0 Å². The molecule has 2 aromatic rings. The van der Waals surface area contributed by atoms with E-state index in [0.29, 0.717) is 18.0 Å². The summed E-state index contributed by atoms with van der Waals surface area (Å²) in [6.07, 6.45) is 6.70. The minimum absolute atomic E-state index is 0.0601. The molecule has 6 nitrogen and oxygen atoms in total. The summed E-state index contributed by atoms with van der Waals surface area (Å²) in [5.41, 5.74) is 3.29. The fourth-order valence-electron chi connectivity index (χ4n) is 4.76. The van der Waals surface area contributed by atoms with Crippen LogP contribution in [-0.2, 0) is 11.2 Å². The number of rotatable bonds is 4. The fraction of sp³-hybridized carbons (Fsp3) is 0.458. The molecule has 1 atom stereocenters. The van der Waals surface area contributed by atoms with Crippen molar-refractivity contribution in [2.75, 3.05) is 33.7 Å². The van der Waals surface area contributed by atoms with Crippen molar-refractivity contribution in [2.45, 2.75) is 37.8 Å². The average molecular weight is 407 g/mol. The second-order valence-corrected chi connectivity index (χ2v) is 8.46. The number of likely N-dealkylation sites (tertiary alicyclic amines) is 1. The second-order valence-electron chi connectivity index (χ2n) is 8.46. The molecule has 6 heteroatoms. The molecule has 0 saturated carbocycles. The molecule has 0 N–H and O–H groups in total. The predicted octanol–water partition coefficient (Wildman–Crippen LogP) is 2.76. The van der Waals surface area contributed by atoms with Crippen molar-refractivity contribution in [1.82, 2.24) is 19.7 Å². The highest BCUT2D eigenvalue weighted by Crippen LogP contribution is 2.36. The normalized spacial score (nSPS) is 19.9. The molecule has 0 spiro atoms. The van der Waals surface area contributed by atoms with Gasteiger partial charge < -0.3 is 9.80 Å². The Morgan fingerprint density at radius 3 is 2.53 bits per heavy atom. The molecule has 0 aliphatic carbocycles. The third-order valence-electron chi connectivity index (χ3n) is 6.45. The second kappa shape index (κ2) is 8.96. The van der Waals surface area contributed by atoms with E-state index in [2.05, 4.69) is 34.1 Å². The Kier molecular flexibility index (Phi) is 6.13. The van der Waals surface area contributed by atoms with Crippen LogP contribution in [0.25, 0.3) is 0 Å². The molecule has 2 amide bonds. The van der Waals surface area contributed by atoms with Gasteiger partial charge in [-0.15, -0.1) is 0 Å². The summed E-state index contributed by atoms with van der Waals surface area (Å²) < 4.78 is 0. The van der Waals surface area contributed by atoms with E-state index < -0.39 is 0 Å². The first kappa shape index (κ1) is 20.5. The Labute approximate surface area is 178 Å². The Balaban J connectivity index is 1.47. The van der Waals surface area contributed by atoms with Crippen molar-refractivity contribution in [3.05, 3.63) is 65.5 Å². The van der Waals surface area contributed by atoms with Gasteiger partial charge in [-0.05, 0) is 42.5 Å². The lowest BCUT2D eigenvalue weighted by atomic mass is 9.87. The summed E-state index contributed by atoms with van der Waals surface area (Å²) in [6, 6.07) is 12.6. The Morgan fingerprint density at radius 2 is 1.83 bits per heavy atom. The van der Waals surface area contributed by atoms with Crippen LogP contribution in [-0.4, -0.2) is 71.3 Å². The first-order valence-corrected chi connectivity index (χ1v) is 10.8. The molecule has 1 aromatic carbocycles. The summed E-state index contributed by atoms with van der Waals surface area (Å²) >= 11 is 0. The number of nitrogens with zero attached hydrogens (tertiary/aromatic N) is 4. The smallest absolute Gasteiger partial charge is 0.255 e. The number of fused-ring (bicyclic) bond motifs is 1. The highest BCUT2D eigenvalue weighted by Gasteiger charge is 2.36. The van der Waals surface area contributed by atoms with Gasteiger partial charge in [0.1, 0.15) is 0 Å². The number of piperidine rings is 1. The number of amides is 2. The number of carbonyl (C=O) groups excluding carboxylic acids is 2. The molecular formula is C24H30N4O2. The van der Waals surface area contributed by atoms with Gasteiger partial charge in [-0.2, -0.15) is 0 Å². The van der Waals surface area contributed by atoms with Crippen LogP contribution < -0.4 is 0 Å². The highest BCUT2D eigenvalue weighted by atomic mass is 16.2. The van der Waals surface area contributed by atoms with Gasteiger partial charge in [0.05, 0.1) is 5.56 Å². The van der Waals surface area contributed by atoms with Gasteiger partial charge >= 0.3 is 0 Å². The molecule has 3 heterocycles. The van der Waals surface area contributed by atoms with E-state index in [0.717, 1.165) is 38.9 Å². The van der Waals surface area contributed by atoms with E-state index >= 15 is 0 Å². The van der Waals surface area contributed by atoms with Gasteiger partial charge in [-0.1, -0.05) is 24.3 Å². The zero-order chi connectivity index (χ0) is 21.1. The van der Waals surface area contributed by atoms with Crippen molar-refractivity contribution >= 4 is 11.8 Å². The molecule has 2 aliphatic rings. The van der Waals surface area contributed by atoms with E-state index in [1.807, 2.05) is 25.1 Å². The maximum atomic E-state index is 12.8. The molecule has 1 aromatic heterocycles. The quantitative estimate of drug-likeness (QED) is 0.784. The van der Waals surface area contributed by atoms with Crippen molar-refractivity contribution in [1.29, 1.82) is 0 Å². The summed E-state index contributed by atoms with van der Waals surface area (Å²) in [5, 5.41) is 0. The van der Waals surface area contributed by atoms with Crippen molar-refractivity contribution in [3.63, 3.8) is 0 Å². The van der Waals surface area contributed by atoms with Gasteiger partial charge in [0.15, 0.2) is 0 Å². The molecular weight excluding hydrogens is 376 g/mol. The predicted molar refractivity (Wildman–Crippen MR) is 116 cm³/mol. The van der Waals surface area contributed by atoms with Gasteiger partial charge in [0.2, 0.25) is 5.91 Å². The molecule has 0 radical (unpaired) electrons. The summed E-state index contributed by atoms with van der Waals surface area (Å²) in [4.78, 5) is 35.6. The van der Waals surface area contributed by atoms with E-state index in [4.69, 9.17) is 0 Å². The Hall–Kier alpha value is -2.73. The summed E-state index contributed by atoms with van der Waals surface area (Å²) in [6.45, 7) is 2.44. The first-order chi connectivity index (χ1) is 14.5. The number of hydrogen-bond acceptors (Lipinski definition) is 4. The SMILES string of the molecule is CN(C)C(=O)CC1c2ccccc2CCN1C1CCN(C(=O)c2cccnc2)CC1. The van der Waals surface area contributed by atoms with Gasteiger partial charge in [0, 0.05) is 64.6 Å². The van der Waals surface area contributed by atoms with Crippen LogP contribution in [0.2, 0.25) is 0 Å². The van der Waals surface area contributed by atoms with E-state index in [1.54, 1.807) is 23.4 Å². The van der Waals surface area contributed by atoms with Gasteiger partial charge in [0.25, 0.3) is 5.91 Å². The standard InChI is InChI=1S/C24H30N4O2/c1-26(2)23(29)16-22-21-8-4-3-6-18(21)9-15-28(22)20-10-13-27(14-11-20)24(30)19-7-5-12-25-17-19/h3-8,12,17,20,22H,9-11,13-16H2,1-2H3. The Bertz CT molecular complexity index is 891. The van der Waals surface area contributed by atoms with Crippen LogP contribution in [0, 0.1) is 0 Å². The minimum Gasteiger partial charge on any atom is -0.349 e. The molecule has 158 valence electrons. The molecule has 2 aliphatic heterocycles. The number of pyridine rings is 1. The fourth-order valence-corrected chi connectivity index (χ4v) is 4.76. The van der Waals surface area contributed by atoms with Crippen LogP contribution in [0.1, 0.15) is 46.8 Å². The van der Waals surface area contributed by atoms with Crippen LogP contribution in [0.4, 0.5) is 0 Å². The van der Waals surface area contributed by atoms with Crippen molar-refractivity contribution < 1.29 is 9.59 Å². The van der Waals surface area contributed by atoms with Crippen LogP contribution in [0.5, 0.6) is 0 Å². The van der Waals surface area contributed by atoms with Crippen LogP contribution >= 0.6 is 0 Å². The topological polar surface area (TPSA) is 56.8 Å². The molecule has 4 rings (SSSR count). The van der Waals surface area contributed by atoms with Crippen molar-refractivity contribution in [3.8, 4) is 0 Å². The average Bonchev–Trinajstić information content (AvgIpc) is 2.79.